The average Bonchev–Trinajstić information content (AvgIpc) is 4.05. The Balaban J connectivity index is 0.000000145. The third-order valence-corrected chi connectivity index (χ3v) is 9.51. The highest BCUT2D eigenvalue weighted by Gasteiger charge is 2.20. The van der Waals surface area contributed by atoms with E-state index in [9.17, 15) is 28.8 Å². The van der Waals surface area contributed by atoms with Crippen molar-refractivity contribution >= 4 is 65.0 Å². The topological polar surface area (TPSA) is 212 Å². The van der Waals surface area contributed by atoms with Crippen LogP contribution < -0.4 is 43.2 Å². The first-order valence-electron chi connectivity index (χ1n) is 21.0. The van der Waals surface area contributed by atoms with Crippen molar-refractivity contribution in [3.8, 4) is 46.0 Å². The molecule has 4 aromatic carbocycles. The van der Waals surface area contributed by atoms with Gasteiger partial charge in [-0.3, -0.25) is 28.9 Å². The smallest absolute Gasteiger partial charge is 0.328 e. The molecule has 10 rings (SSSR count). The van der Waals surface area contributed by atoms with Crippen LogP contribution in [0.4, 0.5) is 0 Å². The van der Waals surface area contributed by atoms with Crippen LogP contribution in [0.25, 0.3) is 18.2 Å². The minimum Gasteiger partial charge on any atom is -0.486 e. The fraction of sp³-hybridized carbons (Fsp3) is 0.200. The van der Waals surface area contributed by atoms with E-state index >= 15 is 0 Å². The van der Waals surface area contributed by atoms with Gasteiger partial charge < -0.3 is 48.3 Å². The van der Waals surface area contributed by atoms with Gasteiger partial charge in [-0.15, -0.1) is 0 Å². The molecule has 3 amide bonds. The summed E-state index contributed by atoms with van der Waals surface area (Å²) in [7, 11) is 0. The lowest BCUT2D eigenvalue weighted by atomic mass is 10.2. The van der Waals surface area contributed by atoms with Gasteiger partial charge in [-0.05, 0) is 101 Å². The minimum atomic E-state index is -0.968. The number of carbonyl (C=O) groups is 6. The molecule has 0 bridgehead atoms. The fourth-order valence-corrected chi connectivity index (χ4v) is 6.30. The Morgan fingerprint density at radius 3 is 1.26 bits per heavy atom. The van der Waals surface area contributed by atoms with Crippen LogP contribution in [-0.4, -0.2) is 111 Å². The Hall–Kier alpha value is -8.31. The molecule has 6 aliphatic rings. The van der Waals surface area contributed by atoms with E-state index in [1.54, 1.807) is 66.8 Å². The van der Waals surface area contributed by atoms with Gasteiger partial charge in [0.15, 0.2) is 46.0 Å². The molecule has 4 aromatic rings. The number of nitrogens with one attached hydrogen (secondary N) is 1. The number of fused-ring (bicyclic) bond motifs is 4. The summed E-state index contributed by atoms with van der Waals surface area (Å²) in [5.41, 5.74) is 3.07. The van der Waals surface area contributed by atoms with Crippen LogP contribution in [0, 0.1) is 0 Å². The first-order valence-corrected chi connectivity index (χ1v) is 21.4. The fourth-order valence-electron chi connectivity index (χ4n) is 6.23. The Labute approximate surface area is 395 Å². The first kappa shape index (κ1) is 49.1. The van der Waals surface area contributed by atoms with E-state index < -0.39 is 11.2 Å². The molecular weight excluding hydrogens is 904 g/mol. The predicted octanol–water partition coefficient (Wildman–Crippen LogP) is 6.13. The maximum atomic E-state index is 11.8. The second-order valence-corrected chi connectivity index (χ2v) is 14.6. The van der Waals surface area contributed by atoms with Crippen molar-refractivity contribution in [2.45, 2.75) is 0 Å². The molecule has 0 aromatic heterocycles. The van der Waals surface area contributed by atoms with Crippen LogP contribution in [0.2, 0.25) is 0 Å². The van der Waals surface area contributed by atoms with Gasteiger partial charge in [0.1, 0.15) is 59.1 Å². The van der Waals surface area contributed by atoms with Crippen molar-refractivity contribution < 1.29 is 71.8 Å². The molecule has 18 heteroatoms. The number of carboxylic acids is 1. The normalized spacial score (nSPS) is 15.3. The second kappa shape index (κ2) is 25.4. The van der Waals surface area contributed by atoms with Crippen LogP contribution in [0.1, 0.15) is 27.0 Å². The summed E-state index contributed by atoms with van der Waals surface area (Å²) in [6.45, 7) is 5.44. The van der Waals surface area contributed by atoms with Crippen molar-refractivity contribution in [3.05, 3.63) is 138 Å². The Bertz CT molecular complexity index is 2560. The number of ether oxygens (including phenoxy) is 8. The molecule has 0 aliphatic carbocycles. The Morgan fingerprint density at radius 1 is 0.529 bits per heavy atom. The number of nitrogens with zero attached hydrogens (tertiary/aromatic N) is 1. The molecule has 6 heterocycles. The summed E-state index contributed by atoms with van der Waals surface area (Å²) in [5.74, 6) is 4.00. The van der Waals surface area contributed by atoms with Crippen molar-refractivity contribution in [2.75, 3.05) is 65.9 Å². The van der Waals surface area contributed by atoms with Crippen LogP contribution >= 0.6 is 11.6 Å². The molecule has 0 unspecified atom stereocenters. The van der Waals surface area contributed by atoms with Gasteiger partial charge in [-0.25, -0.2) is 4.79 Å². The van der Waals surface area contributed by atoms with Crippen LogP contribution in [-0.2, 0) is 24.0 Å². The van der Waals surface area contributed by atoms with E-state index in [0.29, 0.717) is 112 Å². The molecule has 0 spiro atoms. The lowest BCUT2D eigenvalue weighted by Crippen LogP contribution is -2.30. The molecular formula is C50H45ClN2O15. The van der Waals surface area contributed by atoms with E-state index in [-0.39, 0.29) is 17.7 Å². The highest BCUT2D eigenvalue weighted by Crippen LogP contribution is 2.33. The number of hydrogen-bond donors (Lipinski definition) is 2. The van der Waals surface area contributed by atoms with Gasteiger partial charge in [-0.1, -0.05) is 36.4 Å². The van der Waals surface area contributed by atoms with E-state index in [2.05, 4.69) is 5.32 Å². The number of imide groups is 1. The highest BCUT2D eigenvalue weighted by molar-refractivity contribution is 6.66. The maximum Gasteiger partial charge on any atom is 0.328 e. The molecule has 17 nitrogen and oxygen atoms in total. The number of amides is 3. The number of halogens is 1. The number of aliphatic carboxylic acids is 1. The largest absolute Gasteiger partial charge is 0.486 e. The maximum absolute atomic E-state index is 11.8. The van der Waals surface area contributed by atoms with Gasteiger partial charge >= 0.3 is 5.97 Å². The zero-order valence-corrected chi connectivity index (χ0v) is 37.1. The number of allylic oxidation sites excluding steroid dienone is 1. The second-order valence-electron chi connectivity index (χ2n) is 14.2. The summed E-state index contributed by atoms with van der Waals surface area (Å²) in [5, 5.41) is 10.5. The minimum absolute atomic E-state index is 0.0231. The average molecular weight is 949 g/mol. The van der Waals surface area contributed by atoms with Crippen molar-refractivity contribution in [1.29, 1.82) is 0 Å². The van der Waals surface area contributed by atoms with Crippen LogP contribution in [0.3, 0.4) is 0 Å². The molecule has 0 saturated heterocycles. The first-order chi connectivity index (χ1) is 33.0. The summed E-state index contributed by atoms with van der Waals surface area (Å²) < 4.78 is 42.9. The van der Waals surface area contributed by atoms with Crippen LogP contribution in [0.15, 0.2) is 115 Å². The molecule has 68 heavy (non-hydrogen) atoms. The third kappa shape index (κ3) is 15.4. The monoisotopic (exact) mass is 948 g/mol. The number of carbonyl (C=O) groups excluding carboxylic acids is 5. The zero-order valence-electron chi connectivity index (χ0n) is 36.3. The van der Waals surface area contributed by atoms with E-state index in [4.69, 9.17) is 54.6 Å². The lowest BCUT2D eigenvalue weighted by Gasteiger charge is -2.18. The molecule has 352 valence electrons. The van der Waals surface area contributed by atoms with Crippen molar-refractivity contribution in [1.82, 2.24) is 10.2 Å². The van der Waals surface area contributed by atoms with Crippen molar-refractivity contribution in [2.24, 2.45) is 0 Å². The summed E-state index contributed by atoms with van der Waals surface area (Å²) in [6.07, 6.45) is 15.8. The third-order valence-electron chi connectivity index (χ3n) is 9.39. The zero-order chi connectivity index (χ0) is 48.1. The molecule has 0 saturated carbocycles. The predicted molar refractivity (Wildman–Crippen MR) is 249 cm³/mol. The summed E-state index contributed by atoms with van der Waals surface area (Å²) in [6, 6.07) is 21.4. The van der Waals surface area contributed by atoms with Gasteiger partial charge in [0.05, 0.1) is 0 Å². The SMILES string of the molecule is O=C(Cl)/C=C/c1ccc2c(c1)OCCO2.O=C(O)/C=C/c1ccc2c(c1)OCCO2.O=C1C=CCN1.O=C1C=CCN1C(=O)/C=C/c1ccc2c(c1)OCCO2.O=Cc1ccc2c(c1)OCCO2. The van der Waals surface area contributed by atoms with E-state index in [0.717, 1.165) is 34.8 Å². The number of rotatable bonds is 7. The molecule has 2 N–H and O–H groups in total. The number of hydrogen-bond acceptors (Lipinski definition) is 14. The Kier molecular flexibility index (Phi) is 18.4. The quantitative estimate of drug-likeness (QED) is 0.121. The van der Waals surface area contributed by atoms with Gasteiger partial charge in [-0.2, -0.15) is 0 Å². The molecule has 6 aliphatic heterocycles. The Morgan fingerprint density at radius 2 is 0.926 bits per heavy atom. The number of benzene rings is 4. The standard InChI is InChI=1S/C15H13NO4.C11H9ClO3.C11H10O4.C9H8O3.C4H5NO/c17-14-2-1-7-16(14)15(18)6-4-11-3-5-12-13(10-11)20-9-8-19-12;2*12-11(13)4-2-8-1-3-9-10(7-8)15-6-5-14-9;10-6-7-1-2-8-9(5-7)12-4-3-11-8;6-4-2-1-3-5-4/h1-6,10H,7-9H2;1-4,7H,5-6H2;1-4,7H,5-6H2,(H,12,13);1-2,5-6H,3-4H2;1-2H,3H2,(H,5,6)/b6-4+;2*4-2+;;. The molecule has 0 fully saturated rings. The molecule has 0 radical (unpaired) electrons. The summed E-state index contributed by atoms with van der Waals surface area (Å²) >= 11 is 5.19. The van der Waals surface area contributed by atoms with E-state index in [1.807, 2.05) is 30.3 Å². The van der Waals surface area contributed by atoms with E-state index in [1.165, 1.54) is 35.3 Å². The summed E-state index contributed by atoms with van der Waals surface area (Å²) in [4.78, 5) is 65.7. The van der Waals surface area contributed by atoms with Gasteiger partial charge in [0.25, 0.3) is 11.8 Å². The number of carboxylic acid groups (broad SMARTS) is 1. The molecule has 0 atom stereocenters. The number of aldehydes is 1. The van der Waals surface area contributed by atoms with Gasteiger partial charge in [0.2, 0.25) is 11.1 Å². The van der Waals surface area contributed by atoms with Crippen molar-refractivity contribution in [3.63, 3.8) is 0 Å². The van der Waals surface area contributed by atoms with Gasteiger partial charge in [0, 0.05) is 43.0 Å². The lowest BCUT2D eigenvalue weighted by molar-refractivity contribution is -0.137. The van der Waals surface area contributed by atoms with Crippen LogP contribution in [0.5, 0.6) is 46.0 Å². The highest BCUT2D eigenvalue weighted by atomic mass is 35.5.